The fourth-order valence-corrected chi connectivity index (χ4v) is 3.01. The van der Waals surface area contributed by atoms with Crippen LogP contribution in [0.2, 0.25) is 0 Å². The van der Waals surface area contributed by atoms with Crippen LogP contribution in [0, 0.1) is 6.92 Å². The van der Waals surface area contributed by atoms with E-state index in [9.17, 15) is 9.59 Å². The molecule has 0 saturated carbocycles. The van der Waals surface area contributed by atoms with Gasteiger partial charge < -0.3 is 19.4 Å². The van der Waals surface area contributed by atoms with Crippen molar-refractivity contribution in [2.75, 3.05) is 13.7 Å². The predicted octanol–water partition coefficient (Wildman–Crippen LogP) is 3.95. The van der Waals surface area contributed by atoms with Crippen LogP contribution in [0.4, 0.5) is 0 Å². The summed E-state index contributed by atoms with van der Waals surface area (Å²) in [6.45, 7) is 8.49. The fourth-order valence-electron chi connectivity index (χ4n) is 3.01. The number of amides is 1. The average molecular weight is 386 g/mol. The van der Waals surface area contributed by atoms with Gasteiger partial charge >= 0.3 is 5.97 Å². The SMILES string of the molecule is CCOC(=O)c1cc(-c2ccc(OC)cc2)n(CCC(=O)N[C@@H](C)CC)c1C. The summed E-state index contributed by atoms with van der Waals surface area (Å²) < 4.78 is 12.4. The van der Waals surface area contributed by atoms with Gasteiger partial charge in [-0.2, -0.15) is 0 Å². The van der Waals surface area contributed by atoms with Gasteiger partial charge in [-0.3, -0.25) is 4.79 Å². The molecule has 1 atom stereocenters. The summed E-state index contributed by atoms with van der Waals surface area (Å²) in [4.78, 5) is 24.6. The second kappa shape index (κ2) is 9.97. The molecule has 0 aliphatic heterocycles. The van der Waals surface area contributed by atoms with E-state index in [1.807, 2.05) is 55.7 Å². The van der Waals surface area contributed by atoms with Gasteiger partial charge in [0.05, 0.1) is 19.3 Å². The maximum Gasteiger partial charge on any atom is 0.339 e. The summed E-state index contributed by atoms with van der Waals surface area (Å²) in [5.74, 6) is 0.413. The number of aromatic nitrogens is 1. The molecule has 1 heterocycles. The Bertz CT molecular complexity index is 809. The van der Waals surface area contributed by atoms with Crippen LogP contribution in [0.3, 0.4) is 0 Å². The van der Waals surface area contributed by atoms with Crippen molar-refractivity contribution >= 4 is 11.9 Å². The molecular formula is C22H30N2O4. The lowest BCUT2D eigenvalue weighted by atomic mass is 10.1. The summed E-state index contributed by atoms with van der Waals surface area (Å²) in [5, 5.41) is 2.98. The number of benzene rings is 1. The summed E-state index contributed by atoms with van der Waals surface area (Å²) in [6, 6.07) is 9.62. The zero-order valence-corrected chi connectivity index (χ0v) is 17.4. The van der Waals surface area contributed by atoms with Crippen molar-refractivity contribution < 1.29 is 19.1 Å². The lowest BCUT2D eigenvalue weighted by Gasteiger charge is -2.15. The first-order chi connectivity index (χ1) is 13.4. The van der Waals surface area contributed by atoms with E-state index in [4.69, 9.17) is 9.47 Å². The van der Waals surface area contributed by atoms with Gasteiger partial charge in [-0.25, -0.2) is 4.79 Å². The first-order valence-electron chi connectivity index (χ1n) is 9.72. The Morgan fingerprint density at radius 3 is 2.43 bits per heavy atom. The van der Waals surface area contributed by atoms with Crippen molar-refractivity contribution in [1.29, 1.82) is 0 Å². The van der Waals surface area contributed by atoms with Crippen molar-refractivity contribution in [1.82, 2.24) is 9.88 Å². The molecule has 0 aliphatic carbocycles. The van der Waals surface area contributed by atoms with Crippen LogP contribution < -0.4 is 10.1 Å². The highest BCUT2D eigenvalue weighted by molar-refractivity contribution is 5.92. The molecule has 1 N–H and O–H groups in total. The average Bonchev–Trinajstić information content (AvgIpc) is 3.03. The summed E-state index contributed by atoms with van der Waals surface area (Å²) >= 11 is 0. The minimum atomic E-state index is -0.349. The van der Waals surface area contributed by atoms with Crippen LogP contribution in [-0.4, -0.2) is 36.2 Å². The Hall–Kier alpha value is -2.76. The number of hydrogen-bond donors (Lipinski definition) is 1. The van der Waals surface area contributed by atoms with Crippen molar-refractivity contribution in [3.8, 4) is 17.0 Å². The fraction of sp³-hybridized carbons (Fsp3) is 0.455. The largest absolute Gasteiger partial charge is 0.497 e. The van der Waals surface area contributed by atoms with Gasteiger partial charge in [-0.1, -0.05) is 6.92 Å². The minimum Gasteiger partial charge on any atom is -0.497 e. The van der Waals surface area contributed by atoms with Gasteiger partial charge in [0.1, 0.15) is 5.75 Å². The van der Waals surface area contributed by atoms with Crippen LogP contribution in [0.15, 0.2) is 30.3 Å². The standard InChI is InChI=1S/C22H30N2O4/c1-6-15(3)23-21(25)12-13-24-16(4)19(22(26)28-7-2)14-20(24)17-8-10-18(27-5)11-9-17/h8-11,14-15H,6-7,12-13H2,1-5H3,(H,23,25)/t15-/m0/s1. The molecule has 0 aliphatic rings. The molecule has 0 fully saturated rings. The summed E-state index contributed by atoms with van der Waals surface area (Å²) in [5.41, 5.74) is 3.14. The third-order valence-corrected chi connectivity index (χ3v) is 4.83. The molecule has 152 valence electrons. The molecule has 2 aromatic rings. The van der Waals surface area contributed by atoms with Gasteiger partial charge in [0.2, 0.25) is 5.91 Å². The molecule has 1 aromatic heterocycles. The minimum absolute atomic E-state index is 0.000755. The first-order valence-corrected chi connectivity index (χ1v) is 9.72. The van der Waals surface area contributed by atoms with E-state index in [0.717, 1.165) is 29.1 Å². The third kappa shape index (κ3) is 5.15. The lowest BCUT2D eigenvalue weighted by molar-refractivity contribution is -0.121. The number of esters is 1. The molecular weight excluding hydrogens is 356 g/mol. The zero-order valence-electron chi connectivity index (χ0n) is 17.4. The third-order valence-electron chi connectivity index (χ3n) is 4.83. The van der Waals surface area contributed by atoms with E-state index in [-0.39, 0.29) is 17.9 Å². The second-order valence-electron chi connectivity index (χ2n) is 6.76. The lowest BCUT2D eigenvalue weighted by Crippen LogP contribution is -2.32. The highest BCUT2D eigenvalue weighted by atomic mass is 16.5. The van der Waals surface area contributed by atoms with E-state index in [1.54, 1.807) is 14.0 Å². The Kier molecular flexibility index (Phi) is 7.67. The molecule has 0 spiro atoms. The van der Waals surface area contributed by atoms with Crippen molar-refractivity contribution in [3.63, 3.8) is 0 Å². The number of methoxy groups -OCH3 is 1. The van der Waals surface area contributed by atoms with Gasteiger partial charge in [0.15, 0.2) is 0 Å². The number of hydrogen-bond acceptors (Lipinski definition) is 4. The number of nitrogens with zero attached hydrogens (tertiary/aromatic N) is 1. The van der Waals surface area contributed by atoms with Gasteiger partial charge in [0, 0.05) is 30.4 Å². The van der Waals surface area contributed by atoms with E-state index in [0.29, 0.717) is 25.1 Å². The second-order valence-corrected chi connectivity index (χ2v) is 6.76. The van der Waals surface area contributed by atoms with Gasteiger partial charge in [-0.05, 0) is 63.1 Å². The molecule has 0 saturated heterocycles. The Balaban J connectivity index is 2.34. The van der Waals surface area contributed by atoms with Crippen molar-refractivity contribution in [2.24, 2.45) is 0 Å². The Labute approximate surface area is 166 Å². The Morgan fingerprint density at radius 1 is 1.18 bits per heavy atom. The smallest absolute Gasteiger partial charge is 0.339 e. The van der Waals surface area contributed by atoms with Crippen LogP contribution in [0.5, 0.6) is 5.75 Å². The predicted molar refractivity (Wildman–Crippen MR) is 110 cm³/mol. The van der Waals surface area contributed by atoms with Crippen molar-refractivity contribution in [3.05, 3.63) is 41.6 Å². The number of carbonyl (C=O) groups excluding carboxylic acids is 2. The summed E-state index contributed by atoms with van der Waals surface area (Å²) in [6.07, 6.45) is 1.23. The topological polar surface area (TPSA) is 69.6 Å². The molecule has 1 amide bonds. The first kappa shape index (κ1) is 21.5. The van der Waals surface area contributed by atoms with Gasteiger partial charge in [-0.15, -0.1) is 0 Å². The maximum atomic E-state index is 12.4. The molecule has 2 rings (SSSR count). The van der Waals surface area contributed by atoms with E-state index < -0.39 is 0 Å². The highest BCUT2D eigenvalue weighted by Crippen LogP contribution is 2.28. The van der Waals surface area contributed by atoms with E-state index >= 15 is 0 Å². The quantitative estimate of drug-likeness (QED) is 0.663. The number of carbonyl (C=O) groups is 2. The van der Waals surface area contributed by atoms with Crippen molar-refractivity contribution in [2.45, 2.75) is 53.1 Å². The molecule has 0 bridgehead atoms. The van der Waals surface area contributed by atoms with E-state index in [1.165, 1.54) is 0 Å². The maximum absolute atomic E-state index is 12.4. The van der Waals surface area contributed by atoms with Crippen LogP contribution in [0.1, 0.15) is 49.7 Å². The highest BCUT2D eigenvalue weighted by Gasteiger charge is 2.20. The zero-order chi connectivity index (χ0) is 20.7. The molecule has 0 unspecified atom stereocenters. The molecule has 1 aromatic carbocycles. The monoisotopic (exact) mass is 386 g/mol. The van der Waals surface area contributed by atoms with Gasteiger partial charge in [0.25, 0.3) is 0 Å². The number of ether oxygens (including phenoxy) is 2. The molecule has 6 heteroatoms. The van der Waals surface area contributed by atoms with Crippen LogP contribution in [-0.2, 0) is 16.1 Å². The normalized spacial score (nSPS) is 11.8. The molecule has 6 nitrogen and oxygen atoms in total. The Morgan fingerprint density at radius 2 is 1.86 bits per heavy atom. The summed E-state index contributed by atoms with van der Waals surface area (Å²) in [7, 11) is 1.62. The van der Waals surface area contributed by atoms with Crippen LogP contribution >= 0.6 is 0 Å². The molecule has 0 radical (unpaired) electrons. The number of rotatable bonds is 9. The van der Waals surface area contributed by atoms with Crippen LogP contribution in [0.25, 0.3) is 11.3 Å². The number of nitrogens with one attached hydrogen (secondary N) is 1. The molecule has 28 heavy (non-hydrogen) atoms. The van der Waals surface area contributed by atoms with E-state index in [2.05, 4.69) is 5.32 Å².